The highest BCUT2D eigenvalue weighted by atomic mass is 32.2. The zero-order valence-electron chi connectivity index (χ0n) is 13.8. The molecule has 1 heteroatoms. The third-order valence-corrected chi connectivity index (χ3v) is 5.14. The first-order chi connectivity index (χ1) is 11.2. The van der Waals surface area contributed by atoms with E-state index in [-0.39, 0.29) is 0 Å². The Morgan fingerprint density at radius 3 is 1.52 bits per heavy atom. The average molecular weight is 293 g/mol. The molecule has 0 saturated heterocycles. The van der Waals surface area contributed by atoms with Gasteiger partial charge in [0, 0.05) is 6.42 Å². The molecular weight excluding hydrogens is 272 g/mol. The summed E-state index contributed by atoms with van der Waals surface area (Å²) >= 11 is 0. The Morgan fingerprint density at radius 1 is 0.619 bits per heavy atom. The zero-order chi connectivity index (χ0) is 16.1. The lowest BCUT2D eigenvalue weighted by Crippen LogP contribution is -2.11. The van der Waals surface area contributed by atoms with Crippen LogP contribution in [-0.4, -0.2) is 5.70 Å². The smallest absolute Gasteiger partial charge is 0.0622 e. The highest BCUT2D eigenvalue weighted by molar-refractivity contribution is 7.97. The maximum atomic E-state index is 8.77. The Kier molecular flexibility index (Phi) is 3.96. The van der Waals surface area contributed by atoms with Gasteiger partial charge in [-0.15, -0.1) is 0 Å². The SMILES string of the molecule is [2H]C([2H])(Cc1ccccc1)[S+](c1ccccc1)c1ccccc1. The second-order valence-corrected chi connectivity index (χ2v) is 6.58. The first kappa shape index (κ1) is 11.6. The van der Waals surface area contributed by atoms with Gasteiger partial charge >= 0.3 is 0 Å². The molecular formula is C20H19S+. The predicted molar refractivity (Wildman–Crippen MR) is 91.8 cm³/mol. The lowest BCUT2D eigenvalue weighted by molar-refractivity contribution is 1.14. The van der Waals surface area contributed by atoms with Crippen molar-refractivity contribution in [2.45, 2.75) is 16.2 Å². The van der Waals surface area contributed by atoms with E-state index < -0.39 is 16.6 Å². The van der Waals surface area contributed by atoms with Crippen molar-refractivity contribution in [3.05, 3.63) is 96.6 Å². The summed E-state index contributed by atoms with van der Waals surface area (Å²) in [6.45, 7) is 0. The number of rotatable bonds is 5. The minimum absolute atomic E-state index is 0.404. The monoisotopic (exact) mass is 293 g/mol. The van der Waals surface area contributed by atoms with Crippen molar-refractivity contribution in [3.8, 4) is 0 Å². The van der Waals surface area contributed by atoms with Crippen LogP contribution in [0.15, 0.2) is 101 Å². The normalized spacial score (nSPS) is 12.8. The highest BCUT2D eigenvalue weighted by Gasteiger charge is 2.24. The second-order valence-electron chi connectivity index (χ2n) is 4.74. The van der Waals surface area contributed by atoms with Gasteiger partial charge in [-0.05, 0) is 29.8 Å². The fourth-order valence-electron chi connectivity index (χ4n) is 2.17. The fraction of sp³-hybridized carbons (Fsp3) is 0.100. The Labute approximate surface area is 132 Å². The molecule has 0 heterocycles. The van der Waals surface area contributed by atoms with Gasteiger partial charge in [0.15, 0.2) is 9.79 Å². The van der Waals surface area contributed by atoms with Gasteiger partial charge in [-0.2, -0.15) is 0 Å². The van der Waals surface area contributed by atoms with E-state index in [9.17, 15) is 0 Å². The molecule has 21 heavy (non-hydrogen) atoms. The highest BCUT2D eigenvalue weighted by Crippen LogP contribution is 2.24. The summed E-state index contributed by atoms with van der Waals surface area (Å²) < 4.78 is 17.5. The van der Waals surface area contributed by atoms with Gasteiger partial charge in [-0.25, -0.2) is 0 Å². The van der Waals surface area contributed by atoms with Crippen LogP contribution in [0.25, 0.3) is 0 Å². The topological polar surface area (TPSA) is 0 Å². The van der Waals surface area contributed by atoms with Crippen LogP contribution in [0.4, 0.5) is 0 Å². The molecule has 0 N–H and O–H groups in total. The van der Waals surface area contributed by atoms with Crippen molar-refractivity contribution in [1.82, 2.24) is 0 Å². The fourth-order valence-corrected chi connectivity index (χ4v) is 3.94. The molecule has 0 aromatic heterocycles. The van der Waals surface area contributed by atoms with Crippen molar-refractivity contribution in [3.63, 3.8) is 0 Å². The number of hydrogen-bond acceptors (Lipinski definition) is 0. The Bertz CT molecular complexity index is 688. The minimum Gasteiger partial charge on any atom is -0.0622 e. The van der Waals surface area contributed by atoms with E-state index in [1.807, 2.05) is 91.0 Å². The molecule has 0 fully saturated rings. The molecule has 0 saturated carbocycles. The van der Waals surface area contributed by atoms with Crippen molar-refractivity contribution < 1.29 is 2.74 Å². The molecule has 3 aromatic rings. The van der Waals surface area contributed by atoms with E-state index in [1.165, 1.54) is 0 Å². The van der Waals surface area contributed by atoms with E-state index in [0.29, 0.717) is 6.42 Å². The quantitative estimate of drug-likeness (QED) is 0.583. The molecule has 0 aliphatic rings. The molecule has 0 nitrogen and oxygen atoms in total. The maximum absolute atomic E-state index is 8.77. The Hall–Kier alpha value is -1.99. The number of aryl methyl sites for hydroxylation is 1. The van der Waals surface area contributed by atoms with Crippen molar-refractivity contribution in [2.24, 2.45) is 0 Å². The molecule has 0 radical (unpaired) electrons. The van der Waals surface area contributed by atoms with Crippen LogP contribution < -0.4 is 0 Å². The molecule has 3 rings (SSSR count). The van der Waals surface area contributed by atoms with E-state index in [2.05, 4.69) is 0 Å². The Balaban J connectivity index is 2.01. The van der Waals surface area contributed by atoms with Gasteiger partial charge in [-0.1, -0.05) is 66.7 Å². The molecule has 0 amide bonds. The third kappa shape index (κ3) is 3.77. The second kappa shape index (κ2) is 7.14. The van der Waals surface area contributed by atoms with Crippen LogP contribution in [0.1, 0.15) is 8.30 Å². The summed E-state index contributed by atoms with van der Waals surface area (Å²) in [5.74, 6) is 0. The van der Waals surface area contributed by atoms with Crippen LogP contribution in [0.5, 0.6) is 0 Å². The summed E-state index contributed by atoms with van der Waals surface area (Å²) in [4.78, 5) is 2.08. The first-order valence-electron chi connectivity index (χ1n) is 8.05. The van der Waals surface area contributed by atoms with E-state index >= 15 is 0 Å². The number of hydrogen-bond donors (Lipinski definition) is 0. The summed E-state index contributed by atoms with van der Waals surface area (Å²) in [6.07, 6.45) is 0.404. The van der Waals surface area contributed by atoms with Crippen LogP contribution in [0.2, 0.25) is 0 Å². The van der Waals surface area contributed by atoms with Gasteiger partial charge in [0.25, 0.3) is 0 Å². The molecule has 0 bridgehead atoms. The molecule has 104 valence electrons. The standard InChI is InChI=1S/C20H19S/c1-4-10-18(11-5-1)16-17-21(19-12-6-2-7-13-19)20-14-8-3-9-15-20/h1-15H,16-17H2/q+1/i17D2. The maximum Gasteiger partial charge on any atom is 0.160 e. The first-order valence-corrected chi connectivity index (χ1v) is 8.28. The number of benzene rings is 3. The van der Waals surface area contributed by atoms with Gasteiger partial charge in [0.2, 0.25) is 0 Å². The molecule has 0 spiro atoms. The van der Waals surface area contributed by atoms with Crippen LogP contribution in [0, 0.1) is 0 Å². The predicted octanol–water partition coefficient (Wildman–Crippen LogP) is 4.97. The lowest BCUT2D eigenvalue weighted by atomic mass is 10.2. The van der Waals surface area contributed by atoms with E-state index in [1.54, 1.807) is 0 Å². The van der Waals surface area contributed by atoms with E-state index in [4.69, 9.17) is 2.74 Å². The third-order valence-electron chi connectivity index (χ3n) is 3.22. The van der Waals surface area contributed by atoms with Gasteiger partial charge < -0.3 is 0 Å². The summed E-state index contributed by atoms with van der Waals surface area (Å²) in [5, 5.41) is 0. The van der Waals surface area contributed by atoms with Crippen molar-refractivity contribution in [2.75, 3.05) is 5.70 Å². The summed E-state index contributed by atoms with van der Waals surface area (Å²) in [6, 6.07) is 29.9. The van der Waals surface area contributed by atoms with Gasteiger partial charge in [0.05, 0.1) is 13.6 Å². The summed E-state index contributed by atoms with van der Waals surface area (Å²) in [5.41, 5.74) is -0.314. The van der Waals surface area contributed by atoms with Crippen LogP contribution in [-0.2, 0) is 17.3 Å². The van der Waals surface area contributed by atoms with Crippen molar-refractivity contribution >= 4 is 10.9 Å². The summed E-state index contributed by atoms with van der Waals surface area (Å²) in [7, 11) is -0.629. The molecule has 0 atom stereocenters. The lowest BCUT2D eigenvalue weighted by Gasteiger charge is -2.08. The van der Waals surface area contributed by atoms with Crippen molar-refractivity contribution in [1.29, 1.82) is 0 Å². The van der Waals surface area contributed by atoms with Crippen LogP contribution in [0.3, 0.4) is 0 Å². The Morgan fingerprint density at radius 2 is 1.05 bits per heavy atom. The molecule has 3 aromatic carbocycles. The molecule has 0 unspecified atom stereocenters. The molecule has 0 aliphatic carbocycles. The largest absolute Gasteiger partial charge is 0.160 e. The minimum atomic E-state index is -1.34. The average Bonchev–Trinajstić information content (AvgIpc) is 2.57. The van der Waals surface area contributed by atoms with Gasteiger partial charge in [0.1, 0.15) is 5.70 Å². The van der Waals surface area contributed by atoms with Crippen LogP contribution >= 0.6 is 0 Å². The zero-order valence-corrected chi connectivity index (χ0v) is 12.6. The molecule has 0 aliphatic heterocycles. The van der Waals surface area contributed by atoms with E-state index in [0.717, 1.165) is 15.4 Å². The van der Waals surface area contributed by atoms with Gasteiger partial charge in [-0.3, -0.25) is 0 Å².